The van der Waals surface area contributed by atoms with Gasteiger partial charge in [0.2, 0.25) is 0 Å². The second-order valence-electron chi connectivity index (χ2n) is 5.99. The molecule has 2 aromatic carbocycles. The molecule has 0 fully saturated rings. The van der Waals surface area contributed by atoms with Crippen LogP contribution < -0.4 is 10.6 Å². The van der Waals surface area contributed by atoms with Crippen LogP contribution in [0.15, 0.2) is 60.7 Å². The van der Waals surface area contributed by atoms with Gasteiger partial charge in [0.05, 0.1) is 11.4 Å². The second kappa shape index (κ2) is 7.32. The molecule has 2 N–H and O–H groups in total. The summed E-state index contributed by atoms with van der Waals surface area (Å²) >= 11 is 1.42. The summed E-state index contributed by atoms with van der Waals surface area (Å²) in [6.07, 6.45) is 0. The van der Waals surface area contributed by atoms with E-state index in [-0.39, 0.29) is 18.2 Å². The zero-order chi connectivity index (χ0) is 17.4. The van der Waals surface area contributed by atoms with Crippen molar-refractivity contribution in [3.8, 4) is 10.4 Å². The molecule has 26 heavy (non-hydrogen) atoms. The van der Waals surface area contributed by atoms with Gasteiger partial charge in [0.15, 0.2) is 5.78 Å². The molecule has 4 nitrogen and oxygen atoms in total. The summed E-state index contributed by atoms with van der Waals surface area (Å²) in [7, 11) is 0. The van der Waals surface area contributed by atoms with Gasteiger partial charge in [0.25, 0.3) is 5.91 Å². The maximum absolute atomic E-state index is 12.6. The Bertz CT molecular complexity index is 969. The van der Waals surface area contributed by atoms with Crippen molar-refractivity contribution in [1.29, 1.82) is 0 Å². The lowest BCUT2D eigenvalue weighted by molar-refractivity contribution is 0.0992. The van der Waals surface area contributed by atoms with Gasteiger partial charge in [-0.3, -0.25) is 9.59 Å². The van der Waals surface area contributed by atoms with Crippen molar-refractivity contribution in [1.82, 2.24) is 0 Å². The zero-order valence-electron chi connectivity index (χ0n) is 13.8. The predicted molar refractivity (Wildman–Crippen MR) is 107 cm³/mol. The number of halogens is 1. The summed E-state index contributed by atoms with van der Waals surface area (Å²) in [5.74, 6) is -0.340. The normalized spacial score (nSPS) is 11.9. The molecule has 0 spiro atoms. The zero-order valence-corrected chi connectivity index (χ0v) is 15.5. The number of fused-ring (bicyclic) bond motifs is 3. The Balaban J connectivity index is 0.00000196. The fourth-order valence-electron chi connectivity index (χ4n) is 3.16. The van der Waals surface area contributed by atoms with Gasteiger partial charge >= 0.3 is 0 Å². The number of hydrogen-bond donors (Lipinski definition) is 1. The summed E-state index contributed by atoms with van der Waals surface area (Å²) in [5, 5.41) is 0. The van der Waals surface area contributed by atoms with Crippen molar-refractivity contribution in [3.05, 3.63) is 76.7 Å². The second-order valence-corrected chi connectivity index (χ2v) is 7.04. The van der Waals surface area contributed by atoms with Crippen LogP contribution >= 0.6 is 23.7 Å². The quantitative estimate of drug-likeness (QED) is 0.687. The summed E-state index contributed by atoms with van der Waals surface area (Å²) in [6.45, 7) is 0.886. The van der Waals surface area contributed by atoms with Gasteiger partial charge in [-0.1, -0.05) is 48.5 Å². The Labute approximate surface area is 161 Å². The fourth-order valence-corrected chi connectivity index (χ4v) is 4.22. The van der Waals surface area contributed by atoms with Gasteiger partial charge in [-0.2, -0.15) is 0 Å². The average molecular weight is 385 g/mol. The van der Waals surface area contributed by atoms with Crippen molar-refractivity contribution in [2.75, 3.05) is 11.4 Å². The Kier molecular flexibility index (Phi) is 5.11. The van der Waals surface area contributed by atoms with Gasteiger partial charge in [0.1, 0.15) is 0 Å². The average Bonchev–Trinajstić information content (AvgIpc) is 3.07. The number of nitrogens with two attached hydrogens (primary N) is 1. The third kappa shape index (κ3) is 3.23. The maximum Gasteiger partial charge on any atom is 0.258 e. The largest absolute Gasteiger partial charge is 0.365 e. The SMILES string of the molecule is Cl.NC(=O)c1cc2c(s1)-c1ccccc1N(CC(=O)c1ccccc1)C2. The topological polar surface area (TPSA) is 63.4 Å². The first kappa shape index (κ1) is 18.2. The van der Waals surface area contributed by atoms with Crippen molar-refractivity contribution in [3.63, 3.8) is 0 Å². The van der Waals surface area contributed by atoms with Crippen LogP contribution in [0.2, 0.25) is 0 Å². The number of amides is 1. The standard InChI is InChI=1S/C20H16N2O2S.ClH/c21-20(24)18-10-14-11-22(12-17(23)13-6-2-1-3-7-13)16-9-5-4-8-15(16)19(14)25-18;/h1-10H,11-12H2,(H2,21,24);1H. The molecule has 1 aliphatic heterocycles. The minimum atomic E-state index is -0.413. The van der Waals surface area contributed by atoms with E-state index in [1.54, 1.807) is 0 Å². The molecule has 2 heterocycles. The monoisotopic (exact) mass is 384 g/mol. The van der Waals surface area contributed by atoms with E-state index in [1.807, 2.05) is 60.7 Å². The molecule has 6 heteroatoms. The van der Waals surface area contributed by atoms with E-state index in [9.17, 15) is 9.59 Å². The number of anilines is 1. The van der Waals surface area contributed by atoms with Crippen molar-refractivity contribution >= 4 is 41.1 Å². The van der Waals surface area contributed by atoms with Crippen LogP contribution in [-0.2, 0) is 6.54 Å². The van der Waals surface area contributed by atoms with Crippen LogP contribution in [0.1, 0.15) is 25.6 Å². The molecule has 0 bridgehead atoms. The molecular formula is C20H17ClN2O2S. The molecule has 0 saturated heterocycles. The molecule has 0 unspecified atom stereocenters. The molecule has 0 aliphatic carbocycles. The lowest BCUT2D eigenvalue weighted by Gasteiger charge is -2.30. The first-order valence-electron chi connectivity index (χ1n) is 7.98. The Hall–Kier alpha value is -2.63. The van der Waals surface area contributed by atoms with Gasteiger partial charge in [-0.25, -0.2) is 0 Å². The highest BCUT2D eigenvalue weighted by molar-refractivity contribution is 7.17. The number of primary amides is 1. The van der Waals surface area contributed by atoms with Crippen LogP contribution in [-0.4, -0.2) is 18.2 Å². The number of rotatable bonds is 4. The molecule has 132 valence electrons. The highest BCUT2D eigenvalue weighted by Gasteiger charge is 2.26. The van der Waals surface area contributed by atoms with Crippen molar-refractivity contribution < 1.29 is 9.59 Å². The molecular weight excluding hydrogens is 368 g/mol. The Morgan fingerprint density at radius 1 is 1.04 bits per heavy atom. The number of thiophene rings is 1. The van der Waals surface area contributed by atoms with E-state index >= 15 is 0 Å². The van der Waals surface area contributed by atoms with Crippen LogP contribution in [0.25, 0.3) is 10.4 Å². The highest BCUT2D eigenvalue weighted by atomic mass is 35.5. The van der Waals surface area contributed by atoms with E-state index in [0.717, 1.165) is 21.7 Å². The number of nitrogens with zero attached hydrogens (tertiary/aromatic N) is 1. The number of Topliss-reactive ketones (excluding diaryl/α,β-unsaturated/α-hetero) is 1. The van der Waals surface area contributed by atoms with Crippen LogP contribution in [0.4, 0.5) is 5.69 Å². The summed E-state index contributed by atoms with van der Waals surface area (Å²) < 4.78 is 0. The van der Waals surface area contributed by atoms with Gasteiger partial charge < -0.3 is 10.6 Å². The highest BCUT2D eigenvalue weighted by Crippen LogP contribution is 2.43. The summed E-state index contributed by atoms with van der Waals surface area (Å²) in [5.41, 5.74) is 9.24. The number of carbonyl (C=O) groups excluding carboxylic acids is 2. The predicted octanol–water partition coefficient (Wildman–Crippen LogP) is 4.14. The number of para-hydroxylation sites is 1. The molecule has 0 radical (unpaired) electrons. The van der Waals surface area contributed by atoms with E-state index in [4.69, 9.17) is 5.73 Å². The summed E-state index contributed by atoms with van der Waals surface area (Å²) in [6, 6.07) is 19.1. The lowest BCUT2D eigenvalue weighted by Crippen LogP contribution is -2.31. The Morgan fingerprint density at radius 3 is 2.46 bits per heavy atom. The minimum Gasteiger partial charge on any atom is -0.365 e. The van der Waals surface area contributed by atoms with E-state index in [2.05, 4.69) is 4.90 Å². The van der Waals surface area contributed by atoms with Gasteiger partial charge in [-0.05, 0) is 17.7 Å². The maximum atomic E-state index is 12.6. The van der Waals surface area contributed by atoms with Crippen molar-refractivity contribution in [2.45, 2.75) is 6.54 Å². The van der Waals surface area contributed by atoms with E-state index < -0.39 is 5.91 Å². The van der Waals surface area contributed by atoms with Gasteiger partial charge in [0, 0.05) is 28.2 Å². The molecule has 0 atom stereocenters. The molecule has 1 amide bonds. The first-order valence-corrected chi connectivity index (χ1v) is 8.80. The smallest absolute Gasteiger partial charge is 0.258 e. The number of hydrogen-bond acceptors (Lipinski definition) is 4. The van der Waals surface area contributed by atoms with Gasteiger partial charge in [-0.15, -0.1) is 23.7 Å². The molecule has 0 saturated carbocycles. The third-order valence-corrected chi connectivity index (χ3v) is 5.56. The number of benzene rings is 2. The van der Waals surface area contributed by atoms with Crippen molar-refractivity contribution in [2.24, 2.45) is 5.73 Å². The Morgan fingerprint density at radius 2 is 1.73 bits per heavy atom. The molecule has 1 aromatic heterocycles. The van der Waals surface area contributed by atoms with Crippen LogP contribution in [0.5, 0.6) is 0 Å². The number of carbonyl (C=O) groups is 2. The van der Waals surface area contributed by atoms with E-state index in [1.165, 1.54) is 11.3 Å². The minimum absolute atomic E-state index is 0. The first-order chi connectivity index (χ1) is 12.1. The lowest BCUT2D eigenvalue weighted by atomic mass is 10.0. The van der Waals surface area contributed by atoms with Crippen LogP contribution in [0, 0.1) is 0 Å². The fraction of sp³-hybridized carbons (Fsp3) is 0.100. The molecule has 4 rings (SSSR count). The van der Waals surface area contributed by atoms with Crippen LogP contribution in [0.3, 0.4) is 0 Å². The molecule has 3 aromatic rings. The number of ketones is 1. The summed E-state index contributed by atoms with van der Waals surface area (Å²) in [4.78, 5) is 27.8. The van der Waals surface area contributed by atoms with E-state index in [0.29, 0.717) is 23.5 Å². The third-order valence-electron chi connectivity index (χ3n) is 4.33. The molecule has 1 aliphatic rings.